The number of aromatic carboxylic acids is 1. The van der Waals surface area contributed by atoms with Gasteiger partial charge in [0, 0.05) is 72.8 Å². The number of fused-ring (bicyclic) bond motifs is 4. The van der Waals surface area contributed by atoms with E-state index >= 15 is 0 Å². The standard InChI is InChI=1S/C14H15ClN2O2.C14H16N2O3.C13H14N2O2.C12H12N2O3/c1-2-19-14(18)11-7-10-5-6-12(15)16-13(10)17(11)8-9-3-4-9;1-18-12-6-5-10-7-11(14(17)19-2)16(13(10)15-12)8-9-3-4-9;1-8(16)11-6-10-4-5-12(17)14-13(10)15(11)7-9-2-3-9;15-10-4-3-8-5-9(12(16)17)14(11(8)13-10)6-7-1-2-7/h5-7,9H,2-4,8H2,1H3;5-7,9H,3-4,8H2,1-2H3;4-6,9H,2-3,7H2,1H3,(H,14,17);3-5,7H,1-2,6H2,(H,13,15)(H,16,17)/i;1D3;;. The predicted octanol–water partition coefficient (Wildman–Crippen LogP) is 8.90. The zero-order chi connectivity index (χ0) is 53.3. The molecule has 0 saturated heterocycles. The summed E-state index contributed by atoms with van der Waals surface area (Å²) in [6.45, 7) is 6.72. The Kier molecular flexibility index (Phi) is 13.4. The van der Waals surface area contributed by atoms with Gasteiger partial charge in [-0.15, -0.1) is 0 Å². The Morgan fingerprint density at radius 1 is 0.639 bits per heavy atom. The highest BCUT2D eigenvalue weighted by Crippen LogP contribution is 2.36. The lowest BCUT2D eigenvalue weighted by Gasteiger charge is -2.08. The monoisotopic (exact) mass is 1000 g/mol. The number of esters is 2. The van der Waals surface area contributed by atoms with E-state index in [4.69, 9.17) is 35.0 Å². The van der Waals surface area contributed by atoms with Crippen LogP contribution in [0.3, 0.4) is 0 Å². The van der Waals surface area contributed by atoms with Crippen molar-refractivity contribution in [1.29, 1.82) is 0 Å². The molecule has 18 nitrogen and oxygen atoms in total. The number of ether oxygens (including phenoxy) is 3. The molecular formula is C53H57ClN8O10. The van der Waals surface area contributed by atoms with Gasteiger partial charge >= 0.3 is 17.9 Å². The van der Waals surface area contributed by atoms with Crippen molar-refractivity contribution in [3.8, 4) is 5.88 Å². The lowest BCUT2D eigenvalue weighted by Crippen LogP contribution is -2.13. The van der Waals surface area contributed by atoms with Gasteiger partial charge in [0.2, 0.25) is 17.0 Å². The van der Waals surface area contributed by atoms with Crippen LogP contribution in [-0.4, -0.2) is 87.8 Å². The molecule has 0 aromatic carbocycles. The van der Waals surface area contributed by atoms with Gasteiger partial charge in [-0.25, -0.2) is 19.4 Å². The van der Waals surface area contributed by atoms with Gasteiger partial charge in [-0.3, -0.25) is 14.4 Å². The van der Waals surface area contributed by atoms with Crippen molar-refractivity contribution >= 4 is 79.4 Å². The number of carboxylic acid groups (broad SMARTS) is 1. The first-order valence-electron chi connectivity index (χ1n) is 25.7. The van der Waals surface area contributed by atoms with E-state index in [9.17, 15) is 28.8 Å². The molecule has 4 aliphatic carbocycles. The molecule has 0 amide bonds. The summed E-state index contributed by atoms with van der Waals surface area (Å²) in [5, 5.41) is 13.0. The Morgan fingerprint density at radius 2 is 1.08 bits per heavy atom. The number of nitrogens with one attached hydrogen (secondary N) is 2. The largest absolute Gasteiger partial charge is 0.481 e. The Balaban J connectivity index is 0.000000123. The molecule has 19 heteroatoms. The number of aromatic nitrogens is 8. The van der Waals surface area contributed by atoms with Crippen LogP contribution >= 0.6 is 11.6 Å². The third-order valence-corrected chi connectivity index (χ3v) is 13.3. The van der Waals surface area contributed by atoms with Crippen molar-refractivity contribution in [2.75, 3.05) is 20.8 Å². The van der Waals surface area contributed by atoms with Crippen LogP contribution in [0, 0.1) is 23.7 Å². The molecule has 12 rings (SSSR count). The minimum absolute atomic E-state index is 0.0130. The van der Waals surface area contributed by atoms with Crippen molar-refractivity contribution in [2.24, 2.45) is 23.7 Å². The van der Waals surface area contributed by atoms with Gasteiger partial charge in [0.25, 0.3) is 0 Å². The minimum atomic E-state index is -2.56. The summed E-state index contributed by atoms with van der Waals surface area (Å²) >= 11 is 5.95. The molecule has 376 valence electrons. The van der Waals surface area contributed by atoms with Crippen LogP contribution in [0.25, 0.3) is 44.1 Å². The zero-order valence-electron chi connectivity index (χ0n) is 43.1. The molecule has 0 spiro atoms. The second kappa shape index (κ2) is 21.1. The van der Waals surface area contributed by atoms with Crippen LogP contribution in [0.2, 0.25) is 5.15 Å². The number of hydrogen-bond donors (Lipinski definition) is 3. The molecule has 4 fully saturated rings. The fourth-order valence-corrected chi connectivity index (χ4v) is 8.83. The Bertz CT molecular complexity index is 3480. The quantitative estimate of drug-likeness (QED) is 0.0527. The number of nitrogens with zero attached hydrogens (tertiary/aromatic N) is 6. The molecule has 0 bridgehead atoms. The number of H-pyrrole nitrogens is 2. The molecular weight excluding hydrogens is 944 g/mol. The van der Waals surface area contributed by atoms with Gasteiger partial charge in [0.15, 0.2) is 5.78 Å². The highest BCUT2D eigenvalue weighted by molar-refractivity contribution is 6.29. The topological polar surface area (TPSA) is 227 Å². The third kappa shape index (κ3) is 11.5. The number of methoxy groups -OCH3 is 2. The van der Waals surface area contributed by atoms with E-state index in [2.05, 4.69) is 19.9 Å². The maximum atomic E-state index is 12.0. The number of ketones is 1. The lowest BCUT2D eigenvalue weighted by atomic mass is 10.3. The maximum absolute atomic E-state index is 12.0. The molecule has 4 aliphatic rings. The lowest BCUT2D eigenvalue weighted by molar-refractivity contribution is 0.0512. The van der Waals surface area contributed by atoms with E-state index in [0.717, 1.165) is 71.6 Å². The number of carboxylic acids is 1. The molecule has 4 saturated carbocycles. The first-order valence-corrected chi connectivity index (χ1v) is 24.5. The summed E-state index contributed by atoms with van der Waals surface area (Å²) in [6.07, 6.45) is 9.36. The SMILES string of the molecule is CC(=O)c1cc2ccc(=O)[nH]c2n1CC1CC1.CCOC(=O)c1cc2ccc(Cl)nc2n1CC1CC1.O=C(O)c1cc2ccc(=O)[nH]c2n1CC1CC1.[2H]C([2H])([2H])Oc1ccc2cc(C(=O)OC)n(CC3CC3)c2n1. The van der Waals surface area contributed by atoms with Gasteiger partial charge in [-0.1, -0.05) is 11.6 Å². The summed E-state index contributed by atoms with van der Waals surface area (Å²) < 4.78 is 43.6. The Labute approximate surface area is 422 Å². The summed E-state index contributed by atoms with van der Waals surface area (Å²) in [7, 11) is -1.22. The average Bonchev–Trinajstić information content (AvgIpc) is 4.19. The van der Waals surface area contributed by atoms with Gasteiger partial charge in [-0.2, -0.15) is 4.98 Å². The minimum Gasteiger partial charge on any atom is -0.481 e. The highest BCUT2D eigenvalue weighted by atomic mass is 35.5. The molecule has 8 heterocycles. The summed E-state index contributed by atoms with van der Waals surface area (Å²) in [5.41, 5.74) is 4.28. The summed E-state index contributed by atoms with van der Waals surface area (Å²) in [5.74, 6) is 0.746. The molecule has 0 aliphatic heterocycles. The van der Waals surface area contributed by atoms with Crippen molar-refractivity contribution in [3.05, 3.63) is 121 Å². The fourth-order valence-electron chi connectivity index (χ4n) is 8.69. The molecule has 0 atom stereocenters. The van der Waals surface area contributed by atoms with E-state index in [1.807, 2.05) is 27.3 Å². The predicted molar refractivity (Wildman–Crippen MR) is 271 cm³/mol. The molecule has 72 heavy (non-hydrogen) atoms. The average molecular weight is 1000 g/mol. The van der Waals surface area contributed by atoms with Crippen LogP contribution in [0.15, 0.2) is 82.4 Å². The molecule has 0 unspecified atom stereocenters. The smallest absolute Gasteiger partial charge is 0.355 e. The Morgan fingerprint density at radius 3 is 1.56 bits per heavy atom. The van der Waals surface area contributed by atoms with Gasteiger partial charge in [0.05, 0.1) is 30.6 Å². The Hall–Kier alpha value is -7.47. The van der Waals surface area contributed by atoms with E-state index in [1.54, 1.807) is 59.4 Å². The van der Waals surface area contributed by atoms with Crippen LogP contribution in [0.4, 0.5) is 0 Å². The van der Waals surface area contributed by atoms with Crippen molar-refractivity contribution in [2.45, 2.75) is 91.4 Å². The van der Waals surface area contributed by atoms with Crippen LogP contribution in [0.1, 0.15) is 111 Å². The second-order valence-corrected chi connectivity index (χ2v) is 19.3. The van der Waals surface area contributed by atoms with Crippen LogP contribution in [0.5, 0.6) is 5.88 Å². The van der Waals surface area contributed by atoms with Crippen LogP contribution in [-0.2, 0) is 35.7 Å². The van der Waals surface area contributed by atoms with Crippen molar-refractivity contribution in [1.82, 2.24) is 38.2 Å². The number of hydrogen-bond acceptors (Lipinski definition) is 11. The number of halogens is 1. The van der Waals surface area contributed by atoms with Crippen molar-refractivity contribution < 1.29 is 42.6 Å². The van der Waals surface area contributed by atoms with Crippen molar-refractivity contribution in [3.63, 3.8) is 0 Å². The van der Waals surface area contributed by atoms with E-state index < -0.39 is 19.0 Å². The molecule has 8 aromatic rings. The number of carbonyl (C=O) groups excluding carboxylic acids is 3. The number of pyridine rings is 4. The van der Waals surface area contributed by atoms with Gasteiger partial charge in [0.1, 0.15) is 44.8 Å². The number of carbonyl (C=O) groups is 4. The van der Waals surface area contributed by atoms with Crippen LogP contribution < -0.4 is 15.9 Å². The fraction of sp³-hybridized carbons (Fsp3) is 0.396. The third-order valence-electron chi connectivity index (χ3n) is 13.1. The number of Topliss-reactive ketones (excluding diaryl/α,β-unsaturated/α-hetero) is 1. The maximum Gasteiger partial charge on any atom is 0.355 e. The second-order valence-electron chi connectivity index (χ2n) is 18.9. The normalized spacial score (nSPS) is 15.8. The molecule has 0 radical (unpaired) electrons. The first kappa shape index (κ1) is 45.7. The van der Waals surface area contributed by atoms with Gasteiger partial charge in [-0.05, 0) is 137 Å². The number of aromatic amines is 2. The van der Waals surface area contributed by atoms with E-state index in [1.165, 1.54) is 51.0 Å². The highest BCUT2D eigenvalue weighted by Gasteiger charge is 2.29. The summed E-state index contributed by atoms with van der Waals surface area (Å²) in [4.78, 5) is 83.5. The number of rotatable bonds is 14. The van der Waals surface area contributed by atoms with E-state index in [0.29, 0.717) is 76.9 Å². The summed E-state index contributed by atoms with van der Waals surface area (Å²) in [6, 6.07) is 20.1. The zero-order valence-corrected chi connectivity index (χ0v) is 40.9. The van der Waals surface area contributed by atoms with Gasteiger partial charge < -0.3 is 47.6 Å². The van der Waals surface area contributed by atoms with E-state index in [-0.39, 0.29) is 34.4 Å². The first-order chi connectivity index (χ1) is 35.9. The molecule has 3 N–H and O–H groups in total. The molecule has 8 aromatic heterocycles.